The summed E-state index contributed by atoms with van der Waals surface area (Å²) < 4.78 is 12.9. The predicted octanol–water partition coefficient (Wildman–Crippen LogP) is 1.54. The van der Waals surface area contributed by atoms with Crippen LogP contribution in [0.5, 0.6) is 0 Å². The molecule has 3 N–H and O–H groups in total. The first-order chi connectivity index (χ1) is 9.06. The zero-order valence-corrected chi connectivity index (χ0v) is 12.3. The third-order valence-electron chi connectivity index (χ3n) is 3.46. The number of rotatable bonds is 4. The van der Waals surface area contributed by atoms with Crippen molar-refractivity contribution in [1.82, 2.24) is 5.32 Å². The average Bonchev–Trinajstić information content (AvgIpc) is 2.85. The zero-order chi connectivity index (χ0) is 13.8. The average molecular weight is 302 g/mol. The Labute approximate surface area is 124 Å². The molecule has 1 saturated heterocycles. The molecule has 0 radical (unpaired) electrons. The molecule has 2 atom stereocenters. The maximum atomic E-state index is 12.9. The van der Waals surface area contributed by atoms with Crippen molar-refractivity contribution in [2.24, 2.45) is 11.7 Å². The van der Waals surface area contributed by atoms with Gasteiger partial charge in [-0.05, 0) is 43.5 Å². The highest BCUT2D eigenvalue weighted by Crippen LogP contribution is 2.23. The minimum Gasteiger partial charge on any atom is -0.371 e. The second-order valence-electron chi connectivity index (χ2n) is 5.11. The Morgan fingerprint density at radius 1 is 1.50 bits per heavy atom. The Morgan fingerprint density at radius 3 is 2.75 bits per heavy atom. The molecule has 1 aliphatic rings. The maximum absolute atomic E-state index is 12.9. The fourth-order valence-electron chi connectivity index (χ4n) is 2.29. The van der Waals surface area contributed by atoms with Gasteiger partial charge in [0.25, 0.3) is 0 Å². The standard InChI is InChI=1S/C14H20FN3O.ClH/c1-10(16)14(19)17-8-11-6-7-18(9-11)13-4-2-12(15)3-5-13;/h2-5,10-11H,6-9,16H2,1H3,(H,17,19);1H. The molecular weight excluding hydrogens is 281 g/mol. The number of nitrogens with one attached hydrogen (secondary N) is 1. The van der Waals surface area contributed by atoms with Gasteiger partial charge < -0.3 is 16.0 Å². The molecule has 1 aliphatic heterocycles. The van der Waals surface area contributed by atoms with Crippen LogP contribution in [0.1, 0.15) is 13.3 Å². The van der Waals surface area contributed by atoms with Crippen molar-refractivity contribution >= 4 is 24.0 Å². The maximum Gasteiger partial charge on any atom is 0.236 e. The van der Waals surface area contributed by atoms with Gasteiger partial charge in [0.15, 0.2) is 0 Å². The van der Waals surface area contributed by atoms with E-state index in [0.717, 1.165) is 25.2 Å². The summed E-state index contributed by atoms with van der Waals surface area (Å²) in [6.45, 7) is 4.14. The van der Waals surface area contributed by atoms with Crippen LogP contribution in [-0.4, -0.2) is 31.6 Å². The lowest BCUT2D eigenvalue weighted by atomic mass is 10.1. The van der Waals surface area contributed by atoms with E-state index < -0.39 is 6.04 Å². The summed E-state index contributed by atoms with van der Waals surface area (Å²) in [5.74, 6) is 0.0941. The minimum atomic E-state index is -0.463. The summed E-state index contributed by atoms with van der Waals surface area (Å²) in [4.78, 5) is 13.6. The molecule has 1 amide bonds. The quantitative estimate of drug-likeness (QED) is 0.887. The number of halogens is 2. The van der Waals surface area contributed by atoms with E-state index in [2.05, 4.69) is 10.2 Å². The Hall–Kier alpha value is -1.33. The van der Waals surface area contributed by atoms with E-state index in [1.165, 1.54) is 12.1 Å². The fraction of sp³-hybridized carbons (Fsp3) is 0.500. The van der Waals surface area contributed by atoms with Crippen molar-refractivity contribution < 1.29 is 9.18 Å². The fourth-order valence-corrected chi connectivity index (χ4v) is 2.29. The SMILES string of the molecule is CC(N)C(=O)NCC1CCN(c2ccc(F)cc2)C1.Cl. The van der Waals surface area contributed by atoms with Crippen LogP contribution in [-0.2, 0) is 4.79 Å². The Morgan fingerprint density at radius 2 is 2.15 bits per heavy atom. The first-order valence-electron chi connectivity index (χ1n) is 6.60. The van der Waals surface area contributed by atoms with E-state index >= 15 is 0 Å². The lowest BCUT2D eigenvalue weighted by Gasteiger charge is -2.19. The Bertz CT molecular complexity index is 439. The van der Waals surface area contributed by atoms with Crippen molar-refractivity contribution in [3.8, 4) is 0 Å². The van der Waals surface area contributed by atoms with E-state index in [4.69, 9.17) is 5.73 Å². The van der Waals surface area contributed by atoms with Crippen LogP contribution in [0, 0.1) is 11.7 Å². The molecule has 20 heavy (non-hydrogen) atoms. The molecule has 112 valence electrons. The molecule has 0 aromatic heterocycles. The van der Waals surface area contributed by atoms with Gasteiger partial charge in [0.1, 0.15) is 5.82 Å². The molecule has 2 rings (SSSR count). The van der Waals surface area contributed by atoms with Crippen molar-refractivity contribution in [2.75, 3.05) is 24.5 Å². The topological polar surface area (TPSA) is 58.4 Å². The van der Waals surface area contributed by atoms with Gasteiger partial charge in [-0.15, -0.1) is 12.4 Å². The lowest BCUT2D eigenvalue weighted by Crippen LogP contribution is -2.40. The van der Waals surface area contributed by atoms with E-state index in [1.54, 1.807) is 19.1 Å². The van der Waals surface area contributed by atoms with Crippen LogP contribution in [0.25, 0.3) is 0 Å². The number of benzene rings is 1. The summed E-state index contributed by atoms with van der Waals surface area (Å²) in [5, 5.41) is 2.85. The number of carbonyl (C=O) groups excluding carboxylic acids is 1. The molecular formula is C14H21ClFN3O. The molecule has 6 heteroatoms. The van der Waals surface area contributed by atoms with Crippen LogP contribution in [0.2, 0.25) is 0 Å². The largest absolute Gasteiger partial charge is 0.371 e. The summed E-state index contributed by atoms with van der Waals surface area (Å²) in [5.41, 5.74) is 6.53. The van der Waals surface area contributed by atoms with Crippen LogP contribution < -0.4 is 16.0 Å². The highest BCUT2D eigenvalue weighted by molar-refractivity contribution is 5.85. The second kappa shape index (κ2) is 7.45. The van der Waals surface area contributed by atoms with Gasteiger partial charge in [-0.2, -0.15) is 0 Å². The van der Waals surface area contributed by atoms with Crippen LogP contribution in [0.4, 0.5) is 10.1 Å². The van der Waals surface area contributed by atoms with E-state index in [1.807, 2.05) is 0 Å². The Balaban J connectivity index is 0.00000200. The van der Waals surface area contributed by atoms with Crippen molar-refractivity contribution in [1.29, 1.82) is 0 Å². The van der Waals surface area contributed by atoms with Gasteiger partial charge in [-0.1, -0.05) is 0 Å². The predicted molar refractivity (Wildman–Crippen MR) is 80.6 cm³/mol. The van der Waals surface area contributed by atoms with E-state index in [9.17, 15) is 9.18 Å². The first kappa shape index (κ1) is 16.7. The van der Waals surface area contributed by atoms with E-state index in [-0.39, 0.29) is 24.1 Å². The third-order valence-corrected chi connectivity index (χ3v) is 3.46. The molecule has 0 bridgehead atoms. The molecule has 1 fully saturated rings. The third kappa shape index (κ3) is 4.35. The number of nitrogens with two attached hydrogens (primary N) is 1. The smallest absolute Gasteiger partial charge is 0.236 e. The summed E-state index contributed by atoms with van der Waals surface area (Å²) >= 11 is 0. The normalized spacial score (nSPS) is 19.4. The van der Waals surface area contributed by atoms with Crippen LogP contribution in [0.3, 0.4) is 0 Å². The second-order valence-corrected chi connectivity index (χ2v) is 5.11. The number of amides is 1. The molecule has 1 aromatic rings. The minimum absolute atomic E-state index is 0. The van der Waals surface area contributed by atoms with Crippen molar-refractivity contribution in [2.45, 2.75) is 19.4 Å². The molecule has 0 aliphatic carbocycles. The number of hydrogen-bond acceptors (Lipinski definition) is 3. The summed E-state index contributed by atoms with van der Waals surface area (Å²) in [6, 6.07) is 6.06. The highest BCUT2D eigenvalue weighted by Gasteiger charge is 2.23. The van der Waals surface area contributed by atoms with Crippen LogP contribution in [0.15, 0.2) is 24.3 Å². The molecule has 1 heterocycles. The van der Waals surface area contributed by atoms with Gasteiger partial charge >= 0.3 is 0 Å². The number of hydrogen-bond donors (Lipinski definition) is 2. The number of carbonyl (C=O) groups is 1. The van der Waals surface area contributed by atoms with Gasteiger partial charge in [-0.3, -0.25) is 4.79 Å². The van der Waals surface area contributed by atoms with E-state index in [0.29, 0.717) is 12.5 Å². The summed E-state index contributed by atoms with van der Waals surface area (Å²) in [7, 11) is 0. The lowest BCUT2D eigenvalue weighted by molar-refractivity contribution is -0.122. The van der Waals surface area contributed by atoms with Gasteiger partial charge in [0.05, 0.1) is 6.04 Å². The molecule has 0 spiro atoms. The molecule has 2 unspecified atom stereocenters. The highest BCUT2D eigenvalue weighted by atomic mass is 35.5. The first-order valence-corrected chi connectivity index (χ1v) is 6.60. The van der Waals surface area contributed by atoms with Crippen molar-refractivity contribution in [3.05, 3.63) is 30.1 Å². The summed E-state index contributed by atoms with van der Waals surface area (Å²) in [6.07, 6.45) is 1.02. The van der Waals surface area contributed by atoms with Gasteiger partial charge in [0, 0.05) is 25.3 Å². The molecule has 4 nitrogen and oxygen atoms in total. The molecule has 0 saturated carbocycles. The van der Waals surface area contributed by atoms with Gasteiger partial charge in [0.2, 0.25) is 5.91 Å². The monoisotopic (exact) mass is 301 g/mol. The number of nitrogens with zero attached hydrogens (tertiary/aromatic N) is 1. The number of anilines is 1. The van der Waals surface area contributed by atoms with Gasteiger partial charge in [-0.25, -0.2) is 4.39 Å². The van der Waals surface area contributed by atoms with Crippen molar-refractivity contribution in [3.63, 3.8) is 0 Å². The zero-order valence-electron chi connectivity index (χ0n) is 11.5. The Kier molecular flexibility index (Phi) is 6.23. The molecule has 1 aromatic carbocycles. The van der Waals surface area contributed by atoms with Crippen LogP contribution >= 0.6 is 12.4 Å².